The van der Waals surface area contributed by atoms with Crippen LogP contribution in [0, 0.1) is 5.92 Å². The first-order valence-electron chi connectivity index (χ1n) is 7.50. The van der Waals surface area contributed by atoms with Crippen LogP contribution in [0.15, 0.2) is 24.3 Å². The molecule has 1 N–H and O–H groups in total. The van der Waals surface area contributed by atoms with E-state index < -0.39 is 0 Å². The third-order valence-electron chi connectivity index (χ3n) is 4.53. The number of halogens is 1. The molecule has 2 aliphatic heterocycles. The van der Waals surface area contributed by atoms with Crippen molar-refractivity contribution in [2.45, 2.75) is 31.6 Å². The van der Waals surface area contributed by atoms with Crippen molar-refractivity contribution in [3.8, 4) is 0 Å². The number of fused-ring (bicyclic) bond motifs is 1. The van der Waals surface area contributed by atoms with Crippen LogP contribution in [0.25, 0.3) is 0 Å². The van der Waals surface area contributed by atoms with Gasteiger partial charge in [0.1, 0.15) is 6.10 Å². The van der Waals surface area contributed by atoms with Crippen molar-refractivity contribution in [2.75, 3.05) is 20.1 Å². The van der Waals surface area contributed by atoms with Gasteiger partial charge in [-0.3, -0.25) is 9.69 Å². The number of likely N-dealkylation sites (N-methyl/N-ethyl adjacent to an activating group) is 1. The van der Waals surface area contributed by atoms with E-state index in [1.165, 1.54) is 0 Å². The predicted octanol–water partition coefficient (Wildman–Crippen LogP) is 2.07. The highest BCUT2D eigenvalue weighted by Crippen LogP contribution is 2.34. The maximum atomic E-state index is 11.7. The van der Waals surface area contributed by atoms with Crippen LogP contribution in [0.4, 0.5) is 0 Å². The van der Waals surface area contributed by atoms with E-state index in [-0.39, 0.29) is 18.1 Å². The summed E-state index contributed by atoms with van der Waals surface area (Å²) in [5.74, 6) is 0.511. The maximum absolute atomic E-state index is 11.7. The Morgan fingerprint density at radius 1 is 1.48 bits per heavy atom. The van der Waals surface area contributed by atoms with Crippen LogP contribution in [-0.4, -0.2) is 43.2 Å². The molecule has 1 aromatic rings. The quantitative estimate of drug-likeness (QED) is 0.929. The standard InChI is InChI=1S/C16H21ClN2O2/c1-18-16(20)14-8-11-6-7-19(10-15(11)21-14)9-12-4-2-3-5-13(12)17/h2-5,11,14-15H,6-10H2,1H3,(H,18,20)/t11-,14+,15-/m1/s1. The Bertz CT molecular complexity index is 523. The van der Waals surface area contributed by atoms with Crippen molar-refractivity contribution in [2.24, 2.45) is 5.92 Å². The van der Waals surface area contributed by atoms with Crippen molar-refractivity contribution in [3.63, 3.8) is 0 Å². The van der Waals surface area contributed by atoms with E-state index in [4.69, 9.17) is 16.3 Å². The molecule has 2 fully saturated rings. The molecule has 0 aliphatic carbocycles. The van der Waals surface area contributed by atoms with Crippen molar-refractivity contribution in [1.82, 2.24) is 10.2 Å². The highest BCUT2D eigenvalue weighted by Gasteiger charge is 2.41. The first kappa shape index (κ1) is 14.8. The molecule has 0 saturated carbocycles. The molecule has 0 unspecified atom stereocenters. The second kappa shape index (κ2) is 6.34. The Kier molecular flexibility index (Phi) is 4.48. The normalized spacial score (nSPS) is 29.1. The smallest absolute Gasteiger partial charge is 0.248 e. The number of nitrogens with one attached hydrogen (secondary N) is 1. The third kappa shape index (κ3) is 3.23. The van der Waals surface area contributed by atoms with Crippen LogP contribution in [0.3, 0.4) is 0 Å². The minimum Gasteiger partial charge on any atom is -0.364 e. The molecule has 1 amide bonds. The van der Waals surface area contributed by atoms with Crippen LogP contribution >= 0.6 is 11.6 Å². The van der Waals surface area contributed by atoms with Gasteiger partial charge in [-0.1, -0.05) is 29.8 Å². The van der Waals surface area contributed by atoms with E-state index in [0.717, 1.165) is 43.1 Å². The number of nitrogens with zero attached hydrogens (tertiary/aromatic N) is 1. The molecule has 3 rings (SSSR count). The number of hydrogen-bond acceptors (Lipinski definition) is 3. The van der Waals surface area contributed by atoms with Crippen molar-refractivity contribution < 1.29 is 9.53 Å². The Hall–Kier alpha value is -1.10. The Balaban J connectivity index is 1.60. The molecule has 4 nitrogen and oxygen atoms in total. The monoisotopic (exact) mass is 308 g/mol. The number of rotatable bonds is 3. The number of likely N-dealkylation sites (tertiary alicyclic amines) is 1. The van der Waals surface area contributed by atoms with Crippen molar-refractivity contribution in [1.29, 1.82) is 0 Å². The van der Waals surface area contributed by atoms with Gasteiger partial charge in [-0.2, -0.15) is 0 Å². The average molecular weight is 309 g/mol. The van der Waals surface area contributed by atoms with E-state index in [1.807, 2.05) is 18.2 Å². The summed E-state index contributed by atoms with van der Waals surface area (Å²) in [7, 11) is 1.66. The molecule has 114 valence electrons. The number of amides is 1. The first-order chi connectivity index (χ1) is 10.2. The molecular formula is C16H21ClN2O2. The molecule has 1 aromatic carbocycles. The fourth-order valence-electron chi connectivity index (χ4n) is 3.34. The number of piperidine rings is 1. The second-order valence-corrected chi connectivity index (χ2v) is 6.30. The topological polar surface area (TPSA) is 41.6 Å². The Morgan fingerprint density at radius 3 is 3.05 bits per heavy atom. The number of carbonyl (C=O) groups is 1. The van der Waals surface area contributed by atoms with Gasteiger partial charge in [0, 0.05) is 25.2 Å². The summed E-state index contributed by atoms with van der Waals surface area (Å²) < 4.78 is 5.93. The van der Waals surface area contributed by atoms with Crippen LogP contribution in [-0.2, 0) is 16.1 Å². The summed E-state index contributed by atoms with van der Waals surface area (Å²) in [6, 6.07) is 7.96. The van der Waals surface area contributed by atoms with Crippen LogP contribution in [0.5, 0.6) is 0 Å². The zero-order valence-electron chi connectivity index (χ0n) is 12.2. The fraction of sp³-hybridized carbons (Fsp3) is 0.562. The lowest BCUT2D eigenvalue weighted by Gasteiger charge is -2.34. The number of benzene rings is 1. The molecule has 2 saturated heterocycles. The van der Waals surface area contributed by atoms with Crippen molar-refractivity contribution in [3.05, 3.63) is 34.9 Å². The van der Waals surface area contributed by atoms with E-state index in [9.17, 15) is 4.79 Å². The van der Waals surface area contributed by atoms with E-state index in [1.54, 1.807) is 7.05 Å². The minimum atomic E-state index is -0.273. The van der Waals surface area contributed by atoms with Gasteiger partial charge in [0.05, 0.1) is 6.10 Å². The largest absolute Gasteiger partial charge is 0.364 e. The summed E-state index contributed by atoms with van der Waals surface area (Å²) in [6.45, 7) is 2.76. The summed E-state index contributed by atoms with van der Waals surface area (Å²) in [4.78, 5) is 14.1. The molecule has 2 aliphatic rings. The molecule has 5 heteroatoms. The molecule has 0 bridgehead atoms. The fourth-order valence-corrected chi connectivity index (χ4v) is 3.53. The summed E-state index contributed by atoms with van der Waals surface area (Å²) >= 11 is 6.23. The summed E-state index contributed by atoms with van der Waals surface area (Å²) in [6.07, 6.45) is 1.83. The van der Waals surface area contributed by atoms with E-state index >= 15 is 0 Å². The second-order valence-electron chi connectivity index (χ2n) is 5.89. The van der Waals surface area contributed by atoms with E-state index in [2.05, 4.69) is 16.3 Å². The van der Waals surface area contributed by atoms with Gasteiger partial charge in [-0.25, -0.2) is 0 Å². The summed E-state index contributed by atoms with van der Waals surface area (Å²) in [5.41, 5.74) is 1.15. The minimum absolute atomic E-state index is 0.00190. The first-order valence-corrected chi connectivity index (χ1v) is 7.88. The lowest BCUT2D eigenvalue weighted by Crippen LogP contribution is -2.42. The zero-order valence-corrected chi connectivity index (χ0v) is 13.0. The molecule has 0 aromatic heterocycles. The maximum Gasteiger partial charge on any atom is 0.248 e. The van der Waals surface area contributed by atoms with E-state index in [0.29, 0.717) is 5.92 Å². The zero-order chi connectivity index (χ0) is 14.8. The van der Waals surface area contributed by atoms with Gasteiger partial charge in [0.25, 0.3) is 0 Å². The van der Waals surface area contributed by atoms with Gasteiger partial charge < -0.3 is 10.1 Å². The van der Waals surface area contributed by atoms with Gasteiger partial charge in [-0.15, -0.1) is 0 Å². The van der Waals surface area contributed by atoms with Gasteiger partial charge in [0.2, 0.25) is 5.91 Å². The number of hydrogen-bond donors (Lipinski definition) is 1. The summed E-state index contributed by atoms with van der Waals surface area (Å²) in [5, 5.41) is 3.50. The molecule has 21 heavy (non-hydrogen) atoms. The van der Waals surface area contributed by atoms with Crippen LogP contribution in [0.2, 0.25) is 5.02 Å². The molecule has 2 heterocycles. The Labute approximate surface area is 130 Å². The SMILES string of the molecule is CNC(=O)[C@@H]1C[C@H]2CCN(Cc3ccccc3Cl)C[C@H]2O1. The molecule has 0 radical (unpaired) electrons. The lowest BCUT2D eigenvalue weighted by molar-refractivity contribution is -0.132. The van der Waals surface area contributed by atoms with Gasteiger partial charge in [-0.05, 0) is 36.9 Å². The highest BCUT2D eigenvalue weighted by molar-refractivity contribution is 6.31. The Morgan fingerprint density at radius 2 is 2.29 bits per heavy atom. The molecular weight excluding hydrogens is 288 g/mol. The molecule has 3 atom stereocenters. The van der Waals surface area contributed by atoms with Crippen LogP contribution < -0.4 is 5.32 Å². The lowest BCUT2D eigenvalue weighted by atomic mass is 9.91. The average Bonchev–Trinajstić information content (AvgIpc) is 2.92. The third-order valence-corrected chi connectivity index (χ3v) is 4.90. The number of carbonyl (C=O) groups excluding carboxylic acids is 1. The van der Waals surface area contributed by atoms with Gasteiger partial charge >= 0.3 is 0 Å². The number of ether oxygens (including phenoxy) is 1. The van der Waals surface area contributed by atoms with Gasteiger partial charge in [0.15, 0.2) is 0 Å². The molecule has 0 spiro atoms. The van der Waals surface area contributed by atoms with Crippen LogP contribution in [0.1, 0.15) is 18.4 Å². The highest BCUT2D eigenvalue weighted by atomic mass is 35.5. The van der Waals surface area contributed by atoms with Crippen molar-refractivity contribution >= 4 is 17.5 Å². The predicted molar refractivity (Wildman–Crippen MR) is 82.2 cm³/mol.